The van der Waals surface area contributed by atoms with E-state index in [0.29, 0.717) is 35.9 Å². The number of ether oxygens (including phenoxy) is 1. The van der Waals surface area contributed by atoms with Crippen LogP contribution in [0.15, 0.2) is 71.2 Å². The molecule has 2 aromatic heterocycles. The van der Waals surface area contributed by atoms with Crippen molar-refractivity contribution in [2.45, 2.75) is 0 Å². The largest absolute Gasteiger partial charge is 0.454 e. The Morgan fingerprint density at radius 3 is 2.83 bits per heavy atom. The number of furan rings is 1. The van der Waals surface area contributed by atoms with E-state index in [1.54, 1.807) is 41.7 Å². The van der Waals surface area contributed by atoms with Gasteiger partial charge in [0, 0.05) is 11.3 Å². The number of allylic oxidation sites excluding steroid dienone is 1. The molecule has 1 aliphatic rings. The maximum absolute atomic E-state index is 12.6. The Hall–Kier alpha value is -3.71. The van der Waals surface area contributed by atoms with E-state index in [4.69, 9.17) is 9.15 Å². The highest BCUT2D eigenvalue weighted by atomic mass is 32.1. The van der Waals surface area contributed by atoms with Crippen LogP contribution in [-0.4, -0.2) is 30.0 Å². The molecule has 4 aromatic rings. The minimum atomic E-state index is -0.395. The minimum Gasteiger partial charge on any atom is -0.454 e. The van der Waals surface area contributed by atoms with Crippen molar-refractivity contribution >= 4 is 45.2 Å². The zero-order valence-corrected chi connectivity index (χ0v) is 16.6. The number of rotatable bonds is 5. The van der Waals surface area contributed by atoms with Gasteiger partial charge in [-0.15, -0.1) is 11.3 Å². The summed E-state index contributed by atoms with van der Waals surface area (Å²) in [5, 5.41) is 0.798. The summed E-state index contributed by atoms with van der Waals surface area (Å²) in [7, 11) is 0. The number of anilines is 1. The van der Waals surface area contributed by atoms with Crippen LogP contribution in [0.2, 0.25) is 0 Å². The van der Waals surface area contributed by atoms with Gasteiger partial charge in [-0.1, -0.05) is 24.3 Å². The summed E-state index contributed by atoms with van der Waals surface area (Å²) in [6.45, 7) is 0.833. The highest BCUT2D eigenvalue weighted by Gasteiger charge is 2.23. The molecule has 7 heteroatoms. The Morgan fingerprint density at radius 1 is 1.10 bits per heavy atom. The van der Waals surface area contributed by atoms with Gasteiger partial charge >= 0.3 is 6.09 Å². The number of hydrogen-bond acceptors (Lipinski definition) is 6. The summed E-state index contributed by atoms with van der Waals surface area (Å²) in [6, 6.07) is 18.5. The van der Waals surface area contributed by atoms with E-state index in [1.807, 2.05) is 36.4 Å². The summed E-state index contributed by atoms with van der Waals surface area (Å²) in [4.78, 5) is 30.4. The number of hydrogen-bond donors (Lipinski definition) is 0. The average Bonchev–Trinajstić information content (AvgIpc) is 3.51. The number of thiazole rings is 1. The van der Waals surface area contributed by atoms with E-state index in [-0.39, 0.29) is 5.78 Å². The molecule has 5 rings (SSSR count). The molecule has 1 saturated heterocycles. The van der Waals surface area contributed by atoms with Crippen LogP contribution in [-0.2, 0) is 4.74 Å². The molecule has 0 N–H and O–H groups in total. The van der Waals surface area contributed by atoms with Crippen molar-refractivity contribution < 1.29 is 18.7 Å². The number of carbonyl (C=O) groups excluding carboxylic acids is 2. The van der Waals surface area contributed by atoms with Gasteiger partial charge in [0.05, 0.1) is 16.8 Å². The highest BCUT2D eigenvalue weighted by molar-refractivity contribution is 7.21. The van der Waals surface area contributed by atoms with Gasteiger partial charge in [-0.3, -0.25) is 9.69 Å². The van der Waals surface area contributed by atoms with Crippen LogP contribution >= 0.6 is 11.3 Å². The first-order valence-electron chi connectivity index (χ1n) is 9.40. The highest BCUT2D eigenvalue weighted by Crippen LogP contribution is 2.31. The normalized spacial score (nSPS) is 14.0. The van der Waals surface area contributed by atoms with E-state index in [0.717, 1.165) is 15.2 Å². The molecule has 1 fully saturated rings. The lowest BCUT2D eigenvalue weighted by Gasteiger charge is -2.13. The smallest absolute Gasteiger partial charge is 0.414 e. The van der Waals surface area contributed by atoms with Gasteiger partial charge < -0.3 is 9.15 Å². The molecule has 2 aromatic carbocycles. The number of aromatic nitrogens is 1. The third kappa shape index (κ3) is 3.51. The van der Waals surface area contributed by atoms with Crippen LogP contribution in [0.1, 0.15) is 16.1 Å². The molecular weight excluding hydrogens is 400 g/mol. The molecule has 1 aliphatic heterocycles. The Morgan fingerprint density at radius 2 is 2.00 bits per heavy atom. The number of para-hydroxylation sites is 1. The Kier molecular flexibility index (Phi) is 4.65. The fraction of sp³-hybridized carbons (Fsp3) is 0.0870. The first-order valence-corrected chi connectivity index (χ1v) is 10.2. The Bertz CT molecular complexity index is 1250. The summed E-state index contributed by atoms with van der Waals surface area (Å²) in [6.07, 6.45) is 2.70. The van der Waals surface area contributed by atoms with Crippen molar-refractivity contribution in [3.63, 3.8) is 0 Å². The third-order valence-corrected chi connectivity index (χ3v) is 5.78. The molecule has 148 valence electrons. The molecule has 0 aliphatic carbocycles. The number of benzene rings is 2. The molecule has 6 nitrogen and oxygen atoms in total. The van der Waals surface area contributed by atoms with Gasteiger partial charge in [-0.25, -0.2) is 9.78 Å². The number of cyclic esters (lactones) is 1. The lowest BCUT2D eigenvalue weighted by atomic mass is 10.1. The summed E-state index contributed by atoms with van der Waals surface area (Å²) in [5.41, 5.74) is 2.07. The maximum atomic E-state index is 12.6. The van der Waals surface area contributed by atoms with Crippen molar-refractivity contribution in [2.75, 3.05) is 18.1 Å². The topological polar surface area (TPSA) is 72.6 Å². The first kappa shape index (κ1) is 18.3. The third-order valence-electron chi connectivity index (χ3n) is 4.73. The molecule has 0 radical (unpaired) electrons. The van der Waals surface area contributed by atoms with Crippen molar-refractivity contribution in [1.82, 2.24) is 4.98 Å². The molecule has 30 heavy (non-hydrogen) atoms. The van der Waals surface area contributed by atoms with E-state index < -0.39 is 6.09 Å². The predicted molar refractivity (Wildman–Crippen MR) is 116 cm³/mol. The summed E-state index contributed by atoms with van der Waals surface area (Å²) in [5.74, 6) is 1.05. The quantitative estimate of drug-likeness (QED) is 0.321. The number of fused-ring (bicyclic) bond motifs is 1. The Balaban J connectivity index is 1.33. The first-order chi connectivity index (χ1) is 14.7. The molecule has 0 saturated carbocycles. The van der Waals surface area contributed by atoms with Crippen molar-refractivity contribution in [1.29, 1.82) is 0 Å². The van der Waals surface area contributed by atoms with Gasteiger partial charge in [0.2, 0.25) is 0 Å². The summed E-state index contributed by atoms with van der Waals surface area (Å²) >= 11 is 1.56. The second-order valence-corrected chi connectivity index (χ2v) is 7.73. The van der Waals surface area contributed by atoms with Crippen LogP contribution in [0, 0.1) is 0 Å². The SMILES string of the molecule is O=C(C=Cc1ccc(-c2nc3ccccc3s2)o1)c1cccc(N2CCOC2=O)c1. The lowest BCUT2D eigenvalue weighted by Crippen LogP contribution is -2.23. The van der Waals surface area contributed by atoms with Crippen LogP contribution in [0.4, 0.5) is 10.5 Å². The van der Waals surface area contributed by atoms with Gasteiger partial charge in [-0.05, 0) is 48.6 Å². The number of carbonyl (C=O) groups is 2. The van der Waals surface area contributed by atoms with Crippen molar-refractivity contribution in [3.8, 4) is 10.8 Å². The molecule has 0 unspecified atom stereocenters. The standard InChI is InChI=1S/C23H16N2O4S/c26-19(15-4-3-5-16(14-15)25-12-13-28-23(25)27)10-8-17-9-11-20(29-17)22-24-18-6-1-2-7-21(18)30-22/h1-11,14H,12-13H2. The number of ketones is 1. The van der Waals surface area contributed by atoms with Crippen LogP contribution in [0.5, 0.6) is 0 Å². The molecular formula is C23H16N2O4S. The fourth-order valence-electron chi connectivity index (χ4n) is 3.24. The molecule has 0 spiro atoms. The molecule has 0 atom stereocenters. The molecule has 0 bridgehead atoms. The van der Waals surface area contributed by atoms with Gasteiger partial charge in [-0.2, -0.15) is 0 Å². The zero-order valence-electron chi connectivity index (χ0n) is 15.8. The summed E-state index contributed by atoms with van der Waals surface area (Å²) < 4.78 is 11.9. The molecule has 3 heterocycles. The maximum Gasteiger partial charge on any atom is 0.414 e. The fourth-order valence-corrected chi connectivity index (χ4v) is 4.17. The monoisotopic (exact) mass is 416 g/mol. The molecule has 1 amide bonds. The average molecular weight is 416 g/mol. The van der Waals surface area contributed by atoms with E-state index in [2.05, 4.69) is 4.98 Å². The minimum absolute atomic E-state index is 0.178. The second-order valence-electron chi connectivity index (χ2n) is 6.70. The zero-order chi connectivity index (χ0) is 20.5. The van der Waals surface area contributed by atoms with E-state index >= 15 is 0 Å². The number of nitrogens with zero attached hydrogens (tertiary/aromatic N) is 2. The van der Waals surface area contributed by atoms with Crippen LogP contribution < -0.4 is 4.90 Å². The van der Waals surface area contributed by atoms with Gasteiger partial charge in [0.1, 0.15) is 12.4 Å². The van der Waals surface area contributed by atoms with Crippen molar-refractivity contribution in [3.05, 3.63) is 78.1 Å². The van der Waals surface area contributed by atoms with Crippen molar-refractivity contribution in [2.24, 2.45) is 0 Å². The van der Waals surface area contributed by atoms with Gasteiger partial charge in [0.15, 0.2) is 16.6 Å². The van der Waals surface area contributed by atoms with Crippen LogP contribution in [0.3, 0.4) is 0 Å². The predicted octanol–water partition coefficient (Wildman–Crippen LogP) is 5.41. The number of amides is 1. The Labute approximate surface area is 176 Å². The lowest BCUT2D eigenvalue weighted by molar-refractivity contribution is 0.104. The van der Waals surface area contributed by atoms with Gasteiger partial charge in [0.25, 0.3) is 0 Å². The second kappa shape index (κ2) is 7.61. The van der Waals surface area contributed by atoms with E-state index in [1.165, 1.54) is 11.0 Å². The van der Waals surface area contributed by atoms with Crippen LogP contribution in [0.25, 0.3) is 27.1 Å². The van der Waals surface area contributed by atoms with E-state index in [9.17, 15) is 9.59 Å².